The van der Waals surface area contributed by atoms with E-state index in [1.807, 2.05) is 24.6 Å². The Kier molecular flexibility index (Phi) is 7.17. The van der Waals surface area contributed by atoms with E-state index in [1.165, 1.54) is 16.4 Å². The largest absolute Gasteiger partial charge is 0.352 e. The van der Waals surface area contributed by atoms with E-state index in [0.29, 0.717) is 23.0 Å². The van der Waals surface area contributed by atoms with Gasteiger partial charge in [0.15, 0.2) is 0 Å². The molecule has 10 nitrogen and oxygen atoms in total. The lowest BCUT2D eigenvalue weighted by atomic mass is 10.2. The number of nitrogens with one attached hydrogen (secondary N) is 2. The zero-order valence-corrected chi connectivity index (χ0v) is 17.9. The van der Waals surface area contributed by atoms with Crippen molar-refractivity contribution in [3.8, 4) is 0 Å². The molecule has 0 spiro atoms. The molecule has 0 radical (unpaired) electrons. The van der Waals surface area contributed by atoms with Crippen molar-refractivity contribution in [2.75, 3.05) is 17.6 Å². The van der Waals surface area contributed by atoms with Crippen LogP contribution in [0.25, 0.3) is 0 Å². The topological polar surface area (TPSA) is 120 Å². The lowest BCUT2D eigenvalue weighted by molar-refractivity contribution is -0.113. The summed E-state index contributed by atoms with van der Waals surface area (Å²) >= 11 is 1.25. The average Bonchev–Trinajstić information content (AvgIpc) is 3.27. The molecule has 0 bridgehead atoms. The standard InChI is InChI=1S/C19H24N8O2S/c1-13-11-14(2)27(23-13)10-4-9-20-18(29)15-5-7-16(8-6-15)21-17(28)12-30-19-22-24-25-26(19)3/h5-8,11H,4,9-10,12H2,1-3H3,(H,20,29)(H,21,28). The van der Waals surface area contributed by atoms with Gasteiger partial charge in [-0.05, 0) is 61.0 Å². The van der Waals surface area contributed by atoms with Crippen molar-refractivity contribution in [2.45, 2.75) is 32.0 Å². The SMILES string of the molecule is Cc1cc(C)n(CCCNC(=O)c2ccc(NC(=O)CSc3nnnn3C)cc2)n1. The minimum absolute atomic E-state index is 0.147. The van der Waals surface area contributed by atoms with Crippen molar-refractivity contribution in [3.63, 3.8) is 0 Å². The summed E-state index contributed by atoms with van der Waals surface area (Å²) in [5.74, 6) is -0.137. The van der Waals surface area contributed by atoms with Crippen LogP contribution in [0, 0.1) is 13.8 Å². The predicted molar refractivity (Wildman–Crippen MR) is 113 cm³/mol. The highest BCUT2D eigenvalue weighted by atomic mass is 32.2. The molecule has 2 N–H and O–H groups in total. The molecule has 0 aliphatic heterocycles. The number of aromatic nitrogens is 6. The Labute approximate surface area is 178 Å². The van der Waals surface area contributed by atoms with Crippen LogP contribution in [0.1, 0.15) is 28.2 Å². The second-order valence-corrected chi connectivity index (χ2v) is 7.70. The van der Waals surface area contributed by atoms with Crippen LogP contribution >= 0.6 is 11.8 Å². The molecule has 11 heteroatoms. The first-order chi connectivity index (χ1) is 14.4. The number of hydrogen-bond acceptors (Lipinski definition) is 7. The van der Waals surface area contributed by atoms with Gasteiger partial charge in [-0.25, -0.2) is 4.68 Å². The van der Waals surface area contributed by atoms with E-state index in [2.05, 4.69) is 31.3 Å². The maximum absolute atomic E-state index is 12.3. The van der Waals surface area contributed by atoms with Crippen molar-refractivity contribution < 1.29 is 9.59 Å². The van der Waals surface area contributed by atoms with Gasteiger partial charge in [-0.15, -0.1) is 5.10 Å². The van der Waals surface area contributed by atoms with Gasteiger partial charge in [0.25, 0.3) is 5.91 Å². The summed E-state index contributed by atoms with van der Waals surface area (Å²) < 4.78 is 3.45. The van der Waals surface area contributed by atoms with Gasteiger partial charge in [0.1, 0.15) is 0 Å². The van der Waals surface area contributed by atoms with E-state index in [9.17, 15) is 9.59 Å². The fourth-order valence-electron chi connectivity index (χ4n) is 2.81. The summed E-state index contributed by atoms with van der Waals surface area (Å²) in [5, 5.41) is 21.7. The molecule has 0 unspecified atom stereocenters. The number of amides is 2. The van der Waals surface area contributed by atoms with Gasteiger partial charge >= 0.3 is 0 Å². The monoisotopic (exact) mass is 428 g/mol. The smallest absolute Gasteiger partial charge is 0.251 e. The number of nitrogens with zero attached hydrogens (tertiary/aromatic N) is 6. The van der Waals surface area contributed by atoms with Gasteiger partial charge in [-0.2, -0.15) is 5.10 Å². The zero-order chi connectivity index (χ0) is 21.5. The van der Waals surface area contributed by atoms with Gasteiger partial charge in [0.05, 0.1) is 11.4 Å². The molecule has 2 heterocycles. The van der Waals surface area contributed by atoms with E-state index >= 15 is 0 Å². The molecule has 1 aromatic carbocycles. The summed E-state index contributed by atoms with van der Waals surface area (Å²) in [7, 11) is 1.71. The molecule has 0 aliphatic rings. The molecule has 3 aromatic rings. The number of thioether (sulfide) groups is 1. The first-order valence-corrected chi connectivity index (χ1v) is 10.5. The third kappa shape index (κ3) is 5.89. The molecule has 0 saturated carbocycles. The molecular weight excluding hydrogens is 404 g/mol. The normalized spacial score (nSPS) is 10.8. The number of benzene rings is 1. The van der Waals surface area contributed by atoms with Crippen LogP contribution in [0.4, 0.5) is 5.69 Å². The Morgan fingerprint density at radius 3 is 2.57 bits per heavy atom. The first kappa shape index (κ1) is 21.5. The summed E-state index contributed by atoms with van der Waals surface area (Å²) in [5.41, 5.74) is 3.27. The van der Waals surface area contributed by atoms with E-state index < -0.39 is 0 Å². The summed E-state index contributed by atoms with van der Waals surface area (Å²) in [4.78, 5) is 24.3. The Morgan fingerprint density at radius 1 is 1.17 bits per heavy atom. The average molecular weight is 429 g/mol. The lowest BCUT2D eigenvalue weighted by Crippen LogP contribution is -2.25. The summed E-state index contributed by atoms with van der Waals surface area (Å²) in [6.45, 7) is 5.30. The maximum Gasteiger partial charge on any atom is 0.251 e. The van der Waals surface area contributed by atoms with Gasteiger partial charge in [-0.3, -0.25) is 14.3 Å². The molecule has 0 aliphatic carbocycles. The molecule has 2 aromatic heterocycles. The Balaban J connectivity index is 1.40. The Morgan fingerprint density at radius 2 is 1.93 bits per heavy atom. The predicted octanol–water partition coefficient (Wildman–Crippen LogP) is 1.57. The molecule has 30 heavy (non-hydrogen) atoms. The Bertz CT molecular complexity index is 1010. The minimum atomic E-state index is -0.177. The van der Waals surface area contributed by atoms with Crippen LogP contribution in [-0.2, 0) is 18.4 Å². The van der Waals surface area contributed by atoms with Gasteiger partial charge in [0.2, 0.25) is 11.1 Å². The van der Waals surface area contributed by atoms with Crippen LogP contribution in [0.15, 0.2) is 35.5 Å². The minimum Gasteiger partial charge on any atom is -0.352 e. The number of rotatable bonds is 9. The van der Waals surface area contributed by atoms with Crippen LogP contribution in [0.3, 0.4) is 0 Å². The van der Waals surface area contributed by atoms with Crippen LogP contribution in [0.5, 0.6) is 0 Å². The van der Waals surface area contributed by atoms with Crippen molar-refractivity contribution in [3.05, 3.63) is 47.3 Å². The van der Waals surface area contributed by atoms with Gasteiger partial charge in [0, 0.05) is 37.1 Å². The van der Waals surface area contributed by atoms with E-state index in [-0.39, 0.29) is 17.6 Å². The number of carbonyl (C=O) groups is 2. The third-order valence-corrected chi connectivity index (χ3v) is 5.29. The van der Waals surface area contributed by atoms with Crippen molar-refractivity contribution in [2.24, 2.45) is 7.05 Å². The Hall–Kier alpha value is -3.21. The number of anilines is 1. The fourth-order valence-corrected chi connectivity index (χ4v) is 3.46. The van der Waals surface area contributed by atoms with Crippen LogP contribution < -0.4 is 10.6 Å². The highest BCUT2D eigenvalue weighted by molar-refractivity contribution is 7.99. The molecule has 0 fully saturated rings. The highest BCUT2D eigenvalue weighted by Gasteiger charge is 2.09. The summed E-state index contributed by atoms with van der Waals surface area (Å²) in [6.07, 6.45) is 0.792. The molecule has 158 valence electrons. The molecule has 2 amide bonds. The quantitative estimate of drug-likeness (QED) is 0.392. The highest BCUT2D eigenvalue weighted by Crippen LogP contribution is 2.14. The number of hydrogen-bond donors (Lipinski definition) is 2. The third-order valence-electron chi connectivity index (χ3n) is 4.28. The van der Waals surface area contributed by atoms with Crippen molar-refractivity contribution >= 4 is 29.3 Å². The molecule has 0 atom stereocenters. The van der Waals surface area contributed by atoms with E-state index in [1.54, 1.807) is 31.3 Å². The number of tetrazole rings is 1. The molecular formula is C19H24N8O2S. The maximum atomic E-state index is 12.3. The second-order valence-electron chi connectivity index (χ2n) is 6.76. The van der Waals surface area contributed by atoms with Gasteiger partial charge in [-0.1, -0.05) is 11.8 Å². The van der Waals surface area contributed by atoms with E-state index in [0.717, 1.165) is 24.4 Å². The van der Waals surface area contributed by atoms with Gasteiger partial charge < -0.3 is 10.6 Å². The summed E-state index contributed by atoms with van der Waals surface area (Å²) in [6, 6.07) is 8.82. The number of aryl methyl sites for hydroxylation is 4. The zero-order valence-electron chi connectivity index (χ0n) is 17.1. The lowest BCUT2D eigenvalue weighted by Gasteiger charge is -2.08. The first-order valence-electron chi connectivity index (χ1n) is 9.46. The van der Waals surface area contributed by atoms with Crippen molar-refractivity contribution in [1.29, 1.82) is 0 Å². The molecule has 3 rings (SSSR count). The van der Waals surface area contributed by atoms with Crippen molar-refractivity contribution in [1.82, 2.24) is 35.3 Å². The molecule has 0 saturated heterocycles. The fraction of sp³-hybridized carbons (Fsp3) is 0.368. The van der Waals surface area contributed by atoms with Crippen LogP contribution in [-0.4, -0.2) is 54.1 Å². The number of carbonyl (C=O) groups excluding carboxylic acids is 2. The second kappa shape index (κ2) is 10.0. The van der Waals surface area contributed by atoms with Crippen LogP contribution in [0.2, 0.25) is 0 Å². The van der Waals surface area contributed by atoms with E-state index in [4.69, 9.17) is 0 Å².